The molecule has 17 heavy (non-hydrogen) atoms. The summed E-state index contributed by atoms with van der Waals surface area (Å²) in [6.45, 7) is 3.76. The van der Waals surface area contributed by atoms with Gasteiger partial charge >= 0.3 is 0 Å². The van der Waals surface area contributed by atoms with Gasteiger partial charge in [0.2, 0.25) is 5.91 Å². The molecule has 92 valence electrons. The second-order valence-electron chi connectivity index (χ2n) is 4.55. The first kappa shape index (κ1) is 11.9. The highest BCUT2D eigenvalue weighted by Crippen LogP contribution is 2.42. The standard InChI is InChI=1S/C12H16N2O3/c1-12(2)11(14-16-7-10(13)15)8-5-3-4-6-9(8)17-12/h3-6,11,14H,7H2,1-2H3,(H2,13,15). The molecule has 1 atom stereocenters. The van der Waals surface area contributed by atoms with Crippen LogP contribution in [0, 0.1) is 0 Å². The minimum atomic E-state index is -0.512. The molecule has 1 aliphatic rings. The van der Waals surface area contributed by atoms with Gasteiger partial charge in [0.05, 0.1) is 6.04 Å². The number of hydrogen-bond acceptors (Lipinski definition) is 4. The second-order valence-corrected chi connectivity index (χ2v) is 4.55. The van der Waals surface area contributed by atoms with Crippen molar-refractivity contribution in [1.82, 2.24) is 5.48 Å². The third-order valence-corrected chi connectivity index (χ3v) is 2.71. The van der Waals surface area contributed by atoms with Crippen molar-refractivity contribution in [2.75, 3.05) is 6.61 Å². The van der Waals surface area contributed by atoms with E-state index < -0.39 is 11.5 Å². The summed E-state index contributed by atoms with van der Waals surface area (Å²) in [5, 5.41) is 0. The molecule has 1 amide bonds. The van der Waals surface area contributed by atoms with E-state index in [0.717, 1.165) is 11.3 Å². The maximum Gasteiger partial charge on any atom is 0.245 e. The minimum absolute atomic E-state index is 0.127. The molecule has 5 nitrogen and oxygen atoms in total. The van der Waals surface area contributed by atoms with Gasteiger partial charge in [-0.25, -0.2) is 0 Å². The maximum absolute atomic E-state index is 10.6. The molecule has 0 spiro atoms. The highest BCUT2D eigenvalue weighted by Gasteiger charge is 2.41. The predicted molar refractivity (Wildman–Crippen MR) is 62.2 cm³/mol. The molecular weight excluding hydrogens is 220 g/mol. The van der Waals surface area contributed by atoms with Crippen molar-refractivity contribution in [3.8, 4) is 5.75 Å². The molecule has 0 radical (unpaired) electrons. The molecule has 1 aromatic rings. The molecule has 1 heterocycles. The lowest BCUT2D eigenvalue weighted by molar-refractivity contribution is -0.127. The number of primary amides is 1. The smallest absolute Gasteiger partial charge is 0.245 e. The molecule has 1 aliphatic heterocycles. The van der Waals surface area contributed by atoms with Crippen molar-refractivity contribution in [3.63, 3.8) is 0 Å². The Morgan fingerprint density at radius 1 is 1.53 bits per heavy atom. The molecular formula is C12H16N2O3. The van der Waals surface area contributed by atoms with Gasteiger partial charge in [-0.3, -0.25) is 9.63 Å². The van der Waals surface area contributed by atoms with Crippen LogP contribution in [0.1, 0.15) is 25.5 Å². The quantitative estimate of drug-likeness (QED) is 0.762. The zero-order valence-electron chi connectivity index (χ0n) is 9.90. The summed E-state index contributed by atoms with van der Waals surface area (Å²) in [5.41, 5.74) is 8.42. The third-order valence-electron chi connectivity index (χ3n) is 2.71. The summed E-state index contributed by atoms with van der Waals surface area (Å²) in [6, 6.07) is 7.61. The highest BCUT2D eigenvalue weighted by atomic mass is 16.7. The number of amides is 1. The second kappa shape index (κ2) is 4.35. The lowest BCUT2D eigenvalue weighted by Crippen LogP contribution is -2.40. The van der Waals surface area contributed by atoms with E-state index in [1.54, 1.807) is 0 Å². The number of rotatable bonds is 4. The lowest BCUT2D eigenvalue weighted by atomic mass is 9.95. The zero-order chi connectivity index (χ0) is 12.5. The van der Waals surface area contributed by atoms with Crippen LogP contribution in [0.2, 0.25) is 0 Å². The number of fused-ring (bicyclic) bond motifs is 1. The van der Waals surface area contributed by atoms with Crippen LogP contribution < -0.4 is 16.0 Å². The van der Waals surface area contributed by atoms with Gasteiger partial charge in [0.15, 0.2) is 0 Å². The maximum atomic E-state index is 10.6. The number of ether oxygens (including phenoxy) is 1. The van der Waals surface area contributed by atoms with Gasteiger partial charge in [-0.2, -0.15) is 5.48 Å². The van der Waals surface area contributed by atoms with Crippen molar-refractivity contribution in [1.29, 1.82) is 0 Å². The van der Waals surface area contributed by atoms with Crippen LogP contribution in [0.5, 0.6) is 5.75 Å². The molecule has 0 bridgehead atoms. The van der Waals surface area contributed by atoms with Crippen molar-refractivity contribution in [3.05, 3.63) is 29.8 Å². The Hall–Kier alpha value is -1.59. The molecule has 0 fully saturated rings. The SMILES string of the molecule is CC1(C)Oc2ccccc2C1NOCC(N)=O. The highest BCUT2D eigenvalue weighted by molar-refractivity contribution is 5.74. The fourth-order valence-corrected chi connectivity index (χ4v) is 1.93. The lowest BCUT2D eigenvalue weighted by Gasteiger charge is -2.26. The van der Waals surface area contributed by atoms with E-state index in [-0.39, 0.29) is 12.6 Å². The summed E-state index contributed by atoms with van der Waals surface area (Å²) in [4.78, 5) is 15.7. The topological polar surface area (TPSA) is 73.6 Å². The molecule has 0 aliphatic carbocycles. The number of carbonyl (C=O) groups excluding carboxylic acids is 1. The first-order valence-electron chi connectivity index (χ1n) is 5.44. The van der Waals surface area contributed by atoms with Gasteiger partial charge < -0.3 is 10.5 Å². The largest absolute Gasteiger partial charge is 0.485 e. The Balaban J connectivity index is 2.11. The van der Waals surface area contributed by atoms with E-state index >= 15 is 0 Å². The van der Waals surface area contributed by atoms with Crippen molar-refractivity contribution >= 4 is 5.91 Å². The monoisotopic (exact) mass is 236 g/mol. The molecule has 1 unspecified atom stereocenters. The van der Waals surface area contributed by atoms with Crippen LogP contribution in [0.25, 0.3) is 0 Å². The predicted octanol–water partition coefficient (Wildman–Crippen LogP) is 0.905. The molecule has 0 saturated carbocycles. The van der Waals surface area contributed by atoms with Crippen LogP contribution in [0.15, 0.2) is 24.3 Å². The number of benzene rings is 1. The van der Waals surface area contributed by atoms with E-state index in [1.165, 1.54) is 0 Å². The molecule has 3 N–H and O–H groups in total. The van der Waals surface area contributed by atoms with Crippen LogP contribution in [0.4, 0.5) is 0 Å². The van der Waals surface area contributed by atoms with E-state index in [2.05, 4.69) is 5.48 Å². The number of hydrogen-bond donors (Lipinski definition) is 2. The van der Waals surface area contributed by atoms with E-state index in [0.29, 0.717) is 0 Å². The summed E-state index contributed by atoms with van der Waals surface area (Å²) >= 11 is 0. The van der Waals surface area contributed by atoms with Gasteiger partial charge in [-0.15, -0.1) is 0 Å². The summed E-state index contributed by atoms with van der Waals surface area (Å²) < 4.78 is 5.81. The fourth-order valence-electron chi connectivity index (χ4n) is 1.93. The number of para-hydroxylation sites is 1. The average Bonchev–Trinajstić information content (AvgIpc) is 2.49. The van der Waals surface area contributed by atoms with Crippen LogP contribution in [-0.2, 0) is 9.63 Å². The minimum Gasteiger partial charge on any atom is -0.485 e. The molecule has 0 saturated heterocycles. The Morgan fingerprint density at radius 2 is 2.24 bits per heavy atom. The Labute approximate surface area is 99.8 Å². The van der Waals surface area contributed by atoms with Crippen LogP contribution in [0.3, 0.4) is 0 Å². The van der Waals surface area contributed by atoms with Crippen molar-refractivity contribution in [2.24, 2.45) is 5.73 Å². The molecule has 0 aromatic heterocycles. The normalized spacial score (nSPS) is 20.7. The molecule has 2 rings (SSSR count). The number of nitrogens with two attached hydrogens (primary N) is 1. The summed E-state index contributed by atoms with van der Waals surface area (Å²) in [5.74, 6) is 0.320. The Bertz CT molecular complexity index is 432. The van der Waals surface area contributed by atoms with E-state index in [4.69, 9.17) is 15.3 Å². The van der Waals surface area contributed by atoms with Gasteiger partial charge in [-0.1, -0.05) is 18.2 Å². The summed E-state index contributed by atoms with van der Waals surface area (Å²) in [7, 11) is 0. The molecule has 1 aromatic carbocycles. The van der Waals surface area contributed by atoms with Crippen molar-refractivity contribution in [2.45, 2.75) is 25.5 Å². The van der Waals surface area contributed by atoms with E-state index in [1.807, 2.05) is 38.1 Å². The number of hydroxylamine groups is 1. The first-order valence-corrected chi connectivity index (χ1v) is 5.44. The van der Waals surface area contributed by atoms with Crippen LogP contribution >= 0.6 is 0 Å². The average molecular weight is 236 g/mol. The Kier molecular flexibility index (Phi) is 3.04. The summed E-state index contributed by atoms with van der Waals surface area (Å²) in [6.07, 6.45) is 0. The van der Waals surface area contributed by atoms with Gasteiger partial charge in [0, 0.05) is 5.56 Å². The molecule has 5 heteroatoms. The first-order chi connectivity index (χ1) is 8.00. The van der Waals surface area contributed by atoms with Crippen LogP contribution in [-0.4, -0.2) is 18.1 Å². The van der Waals surface area contributed by atoms with E-state index in [9.17, 15) is 4.79 Å². The van der Waals surface area contributed by atoms with Gasteiger partial charge in [-0.05, 0) is 19.9 Å². The third kappa shape index (κ3) is 2.40. The van der Waals surface area contributed by atoms with Gasteiger partial charge in [0.1, 0.15) is 18.0 Å². The number of carbonyl (C=O) groups is 1. The number of nitrogens with one attached hydrogen (secondary N) is 1. The zero-order valence-corrected chi connectivity index (χ0v) is 9.90. The van der Waals surface area contributed by atoms with Crippen molar-refractivity contribution < 1.29 is 14.4 Å². The Morgan fingerprint density at radius 3 is 2.94 bits per heavy atom. The fraction of sp³-hybridized carbons (Fsp3) is 0.417. The van der Waals surface area contributed by atoms with Gasteiger partial charge in [0.25, 0.3) is 0 Å².